The van der Waals surface area contributed by atoms with Crippen LogP contribution in [0.25, 0.3) is 10.9 Å². The zero-order valence-electron chi connectivity index (χ0n) is 10.4. The molecular formula is C13H11N5O2. The summed E-state index contributed by atoms with van der Waals surface area (Å²) in [5.74, 6) is -0.530. The number of fused-ring (bicyclic) bond motifs is 1. The van der Waals surface area contributed by atoms with E-state index < -0.39 is 5.91 Å². The predicted octanol–water partition coefficient (Wildman–Crippen LogP) is 2.38. The lowest BCUT2D eigenvalue weighted by molar-refractivity contribution is -0.118. The van der Waals surface area contributed by atoms with Crippen LogP contribution < -0.4 is 0 Å². The van der Waals surface area contributed by atoms with E-state index in [1.807, 2.05) is 12.1 Å². The van der Waals surface area contributed by atoms with Gasteiger partial charge in [-0.2, -0.15) is 0 Å². The third-order valence-electron chi connectivity index (χ3n) is 2.80. The van der Waals surface area contributed by atoms with E-state index in [0.717, 1.165) is 5.52 Å². The zero-order valence-corrected chi connectivity index (χ0v) is 10.4. The summed E-state index contributed by atoms with van der Waals surface area (Å²) < 4.78 is 1.59. The number of imidazole rings is 1. The van der Waals surface area contributed by atoms with Crippen molar-refractivity contribution in [1.29, 1.82) is 0 Å². The van der Waals surface area contributed by atoms with Crippen LogP contribution in [-0.2, 0) is 11.3 Å². The van der Waals surface area contributed by atoms with Crippen molar-refractivity contribution in [2.45, 2.75) is 6.54 Å². The molecular weight excluding hydrogens is 258 g/mol. The molecule has 0 aliphatic heterocycles. The molecule has 0 spiro atoms. The van der Waals surface area contributed by atoms with Gasteiger partial charge in [-0.1, -0.05) is 18.2 Å². The van der Waals surface area contributed by atoms with Gasteiger partial charge in [-0.25, -0.2) is 4.98 Å². The highest BCUT2D eigenvalue weighted by molar-refractivity contribution is 5.94. The van der Waals surface area contributed by atoms with E-state index in [1.54, 1.807) is 29.1 Å². The average Bonchev–Trinajstić information content (AvgIpc) is 3.03. The van der Waals surface area contributed by atoms with Gasteiger partial charge in [0.25, 0.3) is 5.91 Å². The first-order chi connectivity index (χ1) is 9.74. The summed E-state index contributed by atoms with van der Waals surface area (Å²) in [6.07, 6.45) is 4.77. The van der Waals surface area contributed by atoms with Gasteiger partial charge in [0.15, 0.2) is 5.69 Å². The van der Waals surface area contributed by atoms with Gasteiger partial charge in [-0.05, 0) is 6.07 Å². The molecule has 1 amide bonds. The number of aromatic amines is 1. The fourth-order valence-corrected chi connectivity index (χ4v) is 1.89. The van der Waals surface area contributed by atoms with E-state index in [-0.39, 0.29) is 18.1 Å². The van der Waals surface area contributed by atoms with Crippen molar-refractivity contribution in [2.24, 2.45) is 10.2 Å². The second kappa shape index (κ2) is 4.96. The maximum atomic E-state index is 11.7. The number of hydrogen-bond donors (Lipinski definition) is 2. The lowest BCUT2D eigenvalue weighted by atomic mass is 10.2. The fourth-order valence-electron chi connectivity index (χ4n) is 1.89. The average molecular weight is 269 g/mol. The van der Waals surface area contributed by atoms with E-state index in [4.69, 9.17) is 0 Å². The van der Waals surface area contributed by atoms with Gasteiger partial charge < -0.3 is 14.7 Å². The number of amides is 1. The number of nitrogens with zero attached hydrogens (tertiary/aromatic N) is 4. The maximum absolute atomic E-state index is 11.7. The largest absolute Gasteiger partial charge is 0.493 e. The molecule has 0 aliphatic carbocycles. The summed E-state index contributed by atoms with van der Waals surface area (Å²) in [5.41, 5.74) is 1.00. The lowest BCUT2D eigenvalue weighted by Crippen LogP contribution is -2.04. The zero-order chi connectivity index (χ0) is 13.9. The van der Waals surface area contributed by atoms with Gasteiger partial charge >= 0.3 is 0 Å². The van der Waals surface area contributed by atoms with E-state index in [2.05, 4.69) is 20.2 Å². The van der Waals surface area contributed by atoms with Crippen LogP contribution in [0.2, 0.25) is 0 Å². The molecule has 2 N–H and O–H groups in total. The number of H-pyrrole nitrogens is 1. The summed E-state index contributed by atoms with van der Waals surface area (Å²) in [7, 11) is 0. The number of carbonyl (C=O) groups excluding carboxylic acids is 1. The summed E-state index contributed by atoms with van der Waals surface area (Å²) in [4.78, 5) is 18.3. The molecule has 0 atom stereocenters. The first-order valence-electron chi connectivity index (χ1n) is 5.94. The molecule has 3 rings (SSSR count). The van der Waals surface area contributed by atoms with Gasteiger partial charge in [0.1, 0.15) is 6.54 Å². The van der Waals surface area contributed by atoms with Crippen molar-refractivity contribution in [3.05, 3.63) is 43.0 Å². The highest BCUT2D eigenvalue weighted by Crippen LogP contribution is 2.35. The standard InChI is InChI=1S/C13H11N5O2/c19-11(7-18-6-5-14-8-18)16-17-12-9-3-1-2-4-10(9)15-13(12)20/h1-6,8,15,20H,7H2. The van der Waals surface area contributed by atoms with Crippen molar-refractivity contribution >= 4 is 22.5 Å². The smallest absolute Gasteiger partial charge is 0.284 e. The molecule has 7 heteroatoms. The Morgan fingerprint density at radius 2 is 2.25 bits per heavy atom. The van der Waals surface area contributed by atoms with Crippen molar-refractivity contribution in [1.82, 2.24) is 14.5 Å². The Kier molecular flexibility index (Phi) is 3.00. The van der Waals surface area contributed by atoms with Crippen LogP contribution in [0.3, 0.4) is 0 Å². The molecule has 3 aromatic rings. The second-order valence-corrected chi connectivity index (χ2v) is 4.20. The molecule has 2 heterocycles. The van der Waals surface area contributed by atoms with Crippen LogP contribution in [0.5, 0.6) is 5.88 Å². The third kappa shape index (κ3) is 2.28. The molecule has 20 heavy (non-hydrogen) atoms. The van der Waals surface area contributed by atoms with Gasteiger partial charge in [0.2, 0.25) is 5.88 Å². The normalized spacial score (nSPS) is 11.4. The molecule has 0 fully saturated rings. The molecule has 0 saturated heterocycles. The number of carbonyl (C=O) groups is 1. The molecule has 0 aliphatic rings. The number of aromatic nitrogens is 3. The molecule has 7 nitrogen and oxygen atoms in total. The number of para-hydroxylation sites is 1. The quantitative estimate of drug-likeness (QED) is 0.714. The monoisotopic (exact) mass is 269 g/mol. The first-order valence-corrected chi connectivity index (χ1v) is 5.94. The number of hydrogen-bond acceptors (Lipinski definition) is 4. The van der Waals surface area contributed by atoms with Crippen LogP contribution in [0.15, 0.2) is 53.2 Å². The Balaban J connectivity index is 1.83. The van der Waals surface area contributed by atoms with E-state index in [9.17, 15) is 9.90 Å². The van der Waals surface area contributed by atoms with Crippen molar-refractivity contribution < 1.29 is 9.90 Å². The molecule has 0 saturated carbocycles. The van der Waals surface area contributed by atoms with Gasteiger partial charge in [0.05, 0.1) is 11.8 Å². The van der Waals surface area contributed by atoms with E-state index in [0.29, 0.717) is 5.39 Å². The third-order valence-corrected chi connectivity index (χ3v) is 2.80. The number of azo groups is 1. The van der Waals surface area contributed by atoms with Crippen LogP contribution in [-0.4, -0.2) is 25.5 Å². The van der Waals surface area contributed by atoms with Crippen LogP contribution in [0, 0.1) is 0 Å². The van der Waals surface area contributed by atoms with Gasteiger partial charge in [-0.3, -0.25) is 4.79 Å². The minimum Gasteiger partial charge on any atom is -0.493 e. The Morgan fingerprint density at radius 1 is 1.40 bits per heavy atom. The van der Waals surface area contributed by atoms with Crippen LogP contribution >= 0.6 is 0 Å². The Bertz CT molecular complexity index is 773. The lowest BCUT2D eigenvalue weighted by Gasteiger charge is -1.95. The van der Waals surface area contributed by atoms with E-state index in [1.165, 1.54) is 6.33 Å². The summed E-state index contributed by atoms with van der Waals surface area (Å²) in [5, 5.41) is 17.9. The van der Waals surface area contributed by atoms with Crippen molar-refractivity contribution in [3.63, 3.8) is 0 Å². The summed E-state index contributed by atoms with van der Waals surface area (Å²) >= 11 is 0. The molecule has 1 aromatic carbocycles. The van der Waals surface area contributed by atoms with E-state index >= 15 is 0 Å². The maximum Gasteiger partial charge on any atom is 0.284 e. The van der Waals surface area contributed by atoms with Gasteiger partial charge in [0, 0.05) is 17.8 Å². The van der Waals surface area contributed by atoms with Gasteiger partial charge in [-0.15, -0.1) is 10.2 Å². The molecule has 0 radical (unpaired) electrons. The molecule has 0 unspecified atom stereocenters. The summed E-state index contributed by atoms with van der Waals surface area (Å²) in [6, 6.07) is 7.26. The Morgan fingerprint density at radius 3 is 3.05 bits per heavy atom. The van der Waals surface area contributed by atoms with Crippen molar-refractivity contribution in [3.8, 4) is 5.88 Å². The minimum atomic E-state index is -0.423. The fraction of sp³-hybridized carbons (Fsp3) is 0.0769. The Labute approximate surface area is 113 Å². The topological polar surface area (TPSA) is 95.6 Å². The van der Waals surface area contributed by atoms with Crippen LogP contribution in [0.4, 0.5) is 5.69 Å². The number of rotatable bonds is 3. The minimum absolute atomic E-state index is 0.0621. The molecule has 0 bridgehead atoms. The highest BCUT2D eigenvalue weighted by atomic mass is 16.3. The number of benzene rings is 1. The summed E-state index contributed by atoms with van der Waals surface area (Å²) in [6.45, 7) is 0.0621. The highest BCUT2D eigenvalue weighted by Gasteiger charge is 2.10. The first kappa shape index (κ1) is 12.1. The molecule has 2 aromatic heterocycles. The molecule has 100 valence electrons. The second-order valence-electron chi connectivity index (χ2n) is 4.20. The van der Waals surface area contributed by atoms with Crippen molar-refractivity contribution in [2.75, 3.05) is 0 Å². The number of aromatic hydroxyl groups is 1. The number of nitrogens with one attached hydrogen (secondary N) is 1. The SMILES string of the molecule is O=C(Cn1ccnc1)N=Nc1c(O)[nH]c2ccccc12. The Hall–Kier alpha value is -2.96. The van der Waals surface area contributed by atoms with Crippen LogP contribution in [0.1, 0.15) is 0 Å². The predicted molar refractivity (Wildman–Crippen MR) is 71.7 cm³/mol.